The van der Waals surface area contributed by atoms with Gasteiger partial charge in [0.25, 0.3) is 0 Å². The second kappa shape index (κ2) is 6.76. The van der Waals surface area contributed by atoms with Crippen LogP contribution in [0.25, 0.3) is 0 Å². The summed E-state index contributed by atoms with van der Waals surface area (Å²) in [6, 6.07) is 6.01. The molecular weight excluding hydrogens is 326 g/mol. The van der Waals surface area contributed by atoms with E-state index in [2.05, 4.69) is 27.4 Å². The first-order chi connectivity index (χ1) is 11.5. The van der Waals surface area contributed by atoms with Crippen molar-refractivity contribution >= 4 is 15.7 Å². The van der Waals surface area contributed by atoms with Gasteiger partial charge in [0.2, 0.25) is 20.9 Å². The highest BCUT2D eigenvalue weighted by atomic mass is 32.2. The van der Waals surface area contributed by atoms with E-state index >= 15 is 0 Å². The lowest BCUT2D eigenvalue weighted by Gasteiger charge is -2.20. The molecule has 3 rings (SSSR count). The number of aryl methyl sites for hydroxylation is 2. The van der Waals surface area contributed by atoms with E-state index in [1.807, 2.05) is 13.0 Å². The van der Waals surface area contributed by atoms with Gasteiger partial charge in [-0.3, -0.25) is 4.79 Å². The molecule has 0 bridgehead atoms. The highest BCUT2D eigenvalue weighted by Crippen LogP contribution is 2.24. The molecule has 1 atom stereocenters. The Balaban J connectivity index is 1.66. The summed E-state index contributed by atoms with van der Waals surface area (Å²) < 4.78 is 24.1. The topological polar surface area (TPSA) is 91.9 Å². The van der Waals surface area contributed by atoms with E-state index in [1.54, 1.807) is 0 Å². The maximum atomic E-state index is 12.1. The number of nitrogens with one attached hydrogen (secondary N) is 2. The van der Waals surface area contributed by atoms with Crippen LogP contribution in [0.15, 0.2) is 35.7 Å². The Kier molecular flexibility index (Phi) is 4.71. The van der Waals surface area contributed by atoms with Gasteiger partial charge in [0.15, 0.2) is 0 Å². The van der Waals surface area contributed by atoms with Crippen LogP contribution in [0.1, 0.15) is 42.5 Å². The Labute approximate surface area is 141 Å². The number of hydrogen-bond acceptors (Lipinski definition) is 4. The SMILES string of the molecule is CC(NC(=O)CS(=O)(=O)c1ncc[nH]1)c1ccc2c(c1)CCCC2. The first kappa shape index (κ1) is 16.7. The number of rotatable bonds is 5. The summed E-state index contributed by atoms with van der Waals surface area (Å²) in [5, 5.41) is 2.58. The Morgan fingerprint density at radius 1 is 1.29 bits per heavy atom. The average Bonchev–Trinajstić information content (AvgIpc) is 3.09. The van der Waals surface area contributed by atoms with Crippen molar-refractivity contribution in [1.29, 1.82) is 0 Å². The van der Waals surface area contributed by atoms with E-state index in [0.717, 1.165) is 18.4 Å². The number of fused-ring (bicyclic) bond motifs is 1. The molecule has 1 amide bonds. The van der Waals surface area contributed by atoms with E-state index in [0.29, 0.717) is 0 Å². The Morgan fingerprint density at radius 3 is 2.75 bits per heavy atom. The number of imidazole rings is 1. The molecule has 1 aliphatic rings. The third kappa shape index (κ3) is 3.67. The highest BCUT2D eigenvalue weighted by molar-refractivity contribution is 7.91. The molecule has 2 aromatic rings. The van der Waals surface area contributed by atoms with Crippen LogP contribution >= 0.6 is 0 Å². The minimum Gasteiger partial charge on any atom is -0.349 e. The molecule has 2 N–H and O–H groups in total. The van der Waals surface area contributed by atoms with Crippen LogP contribution in [0.3, 0.4) is 0 Å². The quantitative estimate of drug-likeness (QED) is 0.864. The zero-order valence-electron chi connectivity index (χ0n) is 13.6. The molecule has 1 unspecified atom stereocenters. The van der Waals surface area contributed by atoms with Crippen molar-refractivity contribution in [3.05, 3.63) is 47.3 Å². The maximum absolute atomic E-state index is 12.1. The number of carbonyl (C=O) groups is 1. The molecule has 1 aliphatic carbocycles. The van der Waals surface area contributed by atoms with Gasteiger partial charge < -0.3 is 10.3 Å². The lowest BCUT2D eigenvalue weighted by atomic mass is 9.89. The van der Waals surface area contributed by atoms with E-state index in [4.69, 9.17) is 0 Å². The smallest absolute Gasteiger partial charge is 0.236 e. The number of benzene rings is 1. The first-order valence-electron chi connectivity index (χ1n) is 8.09. The molecule has 0 saturated carbocycles. The van der Waals surface area contributed by atoms with E-state index < -0.39 is 21.5 Å². The van der Waals surface area contributed by atoms with Crippen LogP contribution in [0.5, 0.6) is 0 Å². The predicted octanol–water partition coefficient (Wildman–Crippen LogP) is 1.94. The van der Waals surface area contributed by atoms with Gasteiger partial charge in [0, 0.05) is 12.4 Å². The highest BCUT2D eigenvalue weighted by Gasteiger charge is 2.23. The van der Waals surface area contributed by atoms with Gasteiger partial charge in [0.1, 0.15) is 5.75 Å². The molecule has 0 aliphatic heterocycles. The monoisotopic (exact) mass is 347 g/mol. The number of nitrogens with zero attached hydrogens (tertiary/aromatic N) is 1. The molecule has 24 heavy (non-hydrogen) atoms. The molecule has 128 valence electrons. The van der Waals surface area contributed by atoms with Crippen molar-refractivity contribution in [2.45, 2.75) is 43.8 Å². The average molecular weight is 347 g/mol. The summed E-state index contributed by atoms with van der Waals surface area (Å²) in [6.45, 7) is 1.86. The van der Waals surface area contributed by atoms with E-state index in [-0.39, 0.29) is 11.2 Å². The zero-order valence-corrected chi connectivity index (χ0v) is 14.4. The fourth-order valence-electron chi connectivity index (χ4n) is 3.05. The van der Waals surface area contributed by atoms with Gasteiger partial charge >= 0.3 is 0 Å². The largest absolute Gasteiger partial charge is 0.349 e. The van der Waals surface area contributed by atoms with Crippen molar-refractivity contribution in [3.8, 4) is 0 Å². The number of sulfone groups is 1. The number of hydrogen-bond donors (Lipinski definition) is 2. The maximum Gasteiger partial charge on any atom is 0.236 e. The molecular formula is C17H21N3O3S. The van der Waals surface area contributed by atoms with Gasteiger partial charge in [-0.15, -0.1) is 0 Å². The zero-order chi connectivity index (χ0) is 17.2. The molecule has 7 heteroatoms. The van der Waals surface area contributed by atoms with Gasteiger partial charge in [0.05, 0.1) is 6.04 Å². The van der Waals surface area contributed by atoms with Gasteiger partial charge in [-0.2, -0.15) is 0 Å². The minimum atomic E-state index is -3.74. The van der Waals surface area contributed by atoms with Crippen LogP contribution in [-0.2, 0) is 27.5 Å². The summed E-state index contributed by atoms with van der Waals surface area (Å²) in [7, 11) is -3.74. The Morgan fingerprint density at radius 2 is 2.04 bits per heavy atom. The molecule has 0 saturated heterocycles. The van der Waals surface area contributed by atoms with Crippen molar-refractivity contribution in [1.82, 2.24) is 15.3 Å². The molecule has 1 aromatic heterocycles. The van der Waals surface area contributed by atoms with E-state index in [1.165, 1.54) is 36.4 Å². The molecule has 1 heterocycles. The number of aromatic amines is 1. The van der Waals surface area contributed by atoms with Crippen molar-refractivity contribution in [3.63, 3.8) is 0 Å². The van der Waals surface area contributed by atoms with Crippen LogP contribution in [0.4, 0.5) is 0 Å². The minimum absolute atomic E-state index is 0.181. The van der Waals surface area contributed by atoms with Crippen molar-refractivity contribution in [2.24, 2.45) is 0 Å². The third-order valence-corrected chi connectivity index (χ3v) is 5.79. The fourth-order valence-corrected chi connectivity index (χ4v) is 4.09. The van der Waals surface area contributed by atoms with Crippen LogP contribution in [-0.4, -0.2) is 30.0 Å². The van der Waals surface area contributed by atoms with Crippen molar-refractivity contribution in [2.75, 3.05) is 5.75 Å². The fraction of sp³-hybridized carbons (Fsp3) is 0.412. The third-order valence-electron chi connectivity index (χ3n) is 4.34. The molecule has 1 aromatic carbocycles. The number of H-pyrrole nitrogens is 1. The number of carbonyl (C=O) groups excluding carboxylic acids is 1. The van der Waals surface area contributed by atoms with E-state index in [9.17, 15) is 13.2 Å². The lowest BCUT2D eigenvalue weighted by molar-refractivity contribution is -0.119. The molecule has 6 nitrogen and oxygen atoms in total. The van der Waals surface area contributed by atoms with Gasteiger partial charge in [-0.05, 0) is 49.3 Å². The van der Waals surface area contributed by atoms with Gasteiger partial charge in [-0.25, -0.2) is 13.4 Å². The Hall–Kier alpha value is -2.15. The first-order valence-corrected chi connectivity index (χ1v) is 9.74. The molecule has 0 fully saturated rings. The number of aromatic nitrogens is 2. The molecule has 0 radical (unpaired) electrons. The number of amides is 1. The van der Waals surface area contributed by atoms with Gasteiger partial charge in [-0.1, -0.05) is 18.2 Å². The van der Waals surface area contributed by atoms with Crippen LogP contribution < -0.4 is 5.32 Å². The van der Waals surface area contributed by atoms with Crippen LogP contribution in [0.2, 0.25) is 0 Å². The predicted molar refractivity (Wildman–Crippen MR) is 90.3 cm³/mol. The standard InChI is InChI=1S/C17H21N3O3S/c1-12(14-7-6-13-4-2-3-5-15(13)10-14)20-16(21)11-24(22,23)17-18-8-9-19-17/h6-10,12H,2-5,11H2,1H3,(H,18,19)(H,20,21). The normalized spacial score (nSPS) is 15.5. The second-order valence-corrected chi connectivity index (χ2v) is 8.08. The summed E-state index contributed by atoms with van der Waals surface area (Å²) in [5.74, 6) is -1.15. The Bertz CT molecular complexity index is 829. The summed E-state index contributed by atoms with van der Waals surface area (Å²) in [4.78, 5) is 18.3. The summed E-state index contributed by atoms with van der Waals surface area (Å²) in [5.41, 5.74) is 3.71. The van der Waals surface area contributed by atoms with Crippen LogP contribution in [0, 0.1) is 0 Å². The lowest BCUT2D eigenvalue weighted by Crippen LogP contribution is -2.32. The molecule has 0 spiro atoms. The van der Waals surface area contributed by atoms with Crippen molar-refractivity contribution < 1.29 is 13.2 Å². The summed E-state index contributed by atoms with van der Waals surface area (Å²) in [6.07, 6.45) is 7.36. The second-order valence-electron chi connectivity index (χ2n) is 6.18. The summed E-state index contributed by atoms with van der Waals surface area (Å²) >= 11 is 0.